The van der Waals surface area contributed by atoms with E-state index in [1.807, 2.05) is 0 Å². The maximum atomic E-state index is 12.8. The van der Waals surface area contributed by atoms with Crippen molar-refractivity contribution in [3.63, 3.8) is 0 Å². The molecule has 0 unspecified atom stereocenters. The largest absolute Gasteiger partial charge is 0.476 e. The molecule has 2 rings (SSSR count). The summed E-state index contributed by atoms with van der Waals surface area (Å²) in [7, 11) is 0. The zero-order chi connectivity index (χ0) is 13.0. The number of pyridine rings is 1. The number of hydrogen-bond acceptors (Lipinski definition) is 4. The van der Waals surface area contributed by atoms with Gasteiger partial charge >= 0.3 is 5.97 Å². The SMILES string of the molecule is Cl.Cl.O=C(O)C(F)=Cc1ccc(N[C@@H]2CCNC2)nc1. The summed E-state index contributed by atoms with van der Waals surface area (Å²) in [5.41, 5.74) is 0.421. The van der Waals surface area contributed by atoms with Gasteiger partial charge in [0, 0.05) is 18.8 Å². The number of anilines is 1. The van der Waals surface area contributed by atoms with Crippen LogP contribution in [0.15, 0.2) is 24.2 Å². The lowest BCUT2D eigenvalue weighted by molar-refractivity contribution is -0.134. The molecule has 2 heterocycles. The van der Waals surface area contributed by atoms with Crippen LogP contribution in [0, 0.1) is 0 Å². The number of carboxylic acids is 1. The van der Waals surface area contributed by atoms with Crippen LogP contribution in [0.5, 0.6) is 0 Å². The number of rotatable bonds is 4. The Balaban J connectivity index is 0.00000180. The van der Waals surface area contributed by atoms with Gasteiger partial charge in [0.25, 0.3) is 0 Å². The first-order chi connectivity index (χ1) is 8.65. The minimum Gasteiger partial charge on any atom is -0.476 e. The van der Waals surface area contributed by atoms with Gasteiger partial charge in [-0.05, 0) is 36.7 Å². The van der Waals surface area contributed by atoms with Crippen LogP contribution in [0.3, 0.4) is 0 Å². The van der Waals surface area contributed by atoms with Crippen molar-refractivity contribution in [2.24, 2.45) is 0 Å². The predicted octanol–water partition coefficient (Wildman–Crippen LogP) is 2.09. The summed E-state index contributed by atoms with van der Waals surface area (Å²) >= 11 is 0. The Morgan fingerprint density at radius 2 is 2.25 bits per heavy atom. The number of carboxylic acid groups (broad SMARTS) is 1. The zero-order valence-electron chi connectivity index (χ0n) is 10.5. The average Bonchev–Trinajstić information content (AvgIpc) is 2.84. The molecule has 112 valence electrons. The number of nitrogens with zero attached hydrogens (tertiary/aromatic N) is 1. The van der Waals surface area contributed by atoms with E-state index in [0.29, 0.717) is 17.4 Å². The number of aliphatic carboxylic acids is 1. The molecule has 1 aliphatic heterocycles. The Labute approximate surface area is 128 Å². The van der Waals surface area contributed by atoms with Crippen molar-refractivity contribution in [3.05, 3.63) is 29.7 Å². The Morgan fingerprint density at radius 1 is 1.50 bits per heavy atom. The van der Waals surface area contributed by atoms with Crippen LogP contribution in [0.1, 0.15) is 12.0 Å². The molecule has 1 saturated heterocycles. The third-order valence-electron chi connectivity index (χ3n) is 2.70. The molecule has 5 nitrogen and oxygen atoms in total. The zero-order valence-corrected chi connectivity index (χ0v) is 12.1. The molecule has 0 bridgehead atoms. The molecular weight excluding hydrogens is 308 g/mol. The highest BCUT2D eigenvalue weighted by atomic mass is 35.5. The Morgan fingerprint density at radius 3 is 2.75 bits per heavy atom. The van der Waals surface area contributed by atoms with Crippen molar-refractivity contribution in [2.75, 3.05) is 18.4 Å². The molecule has 1 fully saturated rings. The summed E-state index contributed by atoms with van der Waals surface area (Å²) in [5.74, 6) is -2.07. The van der Waals surface area contributed by atoms with Crippen LogP contribution in [-0.2, 0) is 4.79 Å². The monoisotopic (exact) mass is 323 g/mol. The lowest BCUT2D eigenvalue weighted by Crippen LogP contribution is -2.22. The molecule has 0 saturated carbocycles. The first kappa shape index (κ1) is 18.6. The highest BCUT2D eigenvalue weighted by molar-refractivity contribution is 5.89. The number of halogens is 3. The fourth-order valence-electron chi connectivity index (χ4n) is 1.77. The Bertz CT molecular complexity index is 462. The van der Waals surface area contributed by atoms with E-state index >= 15 is 0 Å². The number of nitrogens with one attached hydrogen (secondary N) is 2. The lowest BCUT2D eigenvalue weighted by Gasteiger charge is -2.11. The minimum atomic E-state index is -1.57. The molecule has 0 radical (unpaired) electrons. The number of hydrogen-bond donors (Lipinski definition) is 3. The molecular formula is C12H16Cl2FN3O2. The molecule has 1 aromatic rings. The van der Waals surface area contributed by atoms with Gasteiger partial charge in [-0.3, -0.25) is 0 Å². The normalized spacial score (nSPS) is 17.9. The van der Waals surface area contributed by atoms with E-state index < -0.39 is 11.8 Å². The van der Waals surface area contributed by atoms with E-state index in [2.05, 4.69) is 15.6 Å². The van der Waals surface area contributed by atoms with Gasteiger partial charge in [-0.15, -0.1) is 24.8 Å². The van der Waals surface area contributed by atoms with Crippen molar-refractivity contribution in [3.8, 4) is 0 Å². The minimum absolute atomic E-state index is 0. The molecule has 1 aromatic heterocycles. The molecule has 0 aromatic carbocycles. The number of carbonyl (C=O) groups is 1. The summed E-state index contributed by atoms with van der Waals surface area (Å²) in [5, 5.41) is 14.9. The van der Waals surface area contributed by atoms with Gasteiger partial charge in [0.2, 0.25) is 5.83 Å². The quantitative estimate of drug-likeness (QED) is 0.740. The second-order valence-corrected chi connectivity index (χ2v) is 4.11. The van der Waals surface area contributed by atoms with E-state index in [1.54, 1.807) is 12.1 Å². The maximum Gasteiger partial charge on any atom is 0.364 e. The van der Waals surface area contributed by atoms with Crippen LogP contribution in [0.4, 0.5) is 10.2 Å². The topological polar surface area (TPSA) is 74.2 Å². The van der Waals surface area contributed by atoms with E-state index in [4.69, 9.17) is 5.11 Å². The van der Waals surface area contributed by atoms with Crippen LogP contribution >= 0.6 is 24.8 Å². The summed E-state index contributed by atoms with van der Waals surface area (Å²) in [4.78, 5) is 14.4. The summed E-state index contributed by atoms with van der Waals surface area (Å²) in [6.07, 6.45) is 3.42. The van der Waals surface area contributed by atoms with Crippen LogP contribution in [0.2, 0.25) is 0 Å². The molecule has 8 heteroatoms. The average molecular weight is 324 g/mol. The fourth-order valence-corrected chi connectivity index (χ4v) is 1.77. The van der Waals surface area contributed by atoms with Crippen molar-refractivity contribution < 1.29 is 14.3 Å². The molecule has 20 heavy (non-hydrogen) atoms. The van der Waals surface area contributed by atoms with E-state index in [-0.39, 0.29) is 24.8 Å². The van der Waals surface area contributed by atoms with Crippen molar-refractivity contribution in [2.45, 2.75) is 12.5 Å². The second kappa shape index (κ2) is 8.73. The van der Waals surface area contributed by atoms with Gasteiger partial charge in [0.05, 0.1) is 0 Å². The van der Waals surface area contributed by atoms with Crippen molar-refractivity contribution in [1.29, 1.82) is 0 Å². The summed E-state index contributed by atoms with van der Waals surface area (Å²) in [6.45, 7) is 1.89. The molecule has 1 aliphatic rings. The highest BCUT2D eigenvalue weighted by Crippen LogP contribution is 2.12. The van der Waals surface area contributed by atoms with Gasteiger partial charge in [0.1, 0.15) is 5.82 Å². The van der Waals surface area contributed by atoms with Crippen LogP contribution in [-0.4, -0.2) is 35.2 Å². The van der Waals surface area contributed by atoms with Gasteiger partial charge < -0.3 is 15.7 Å². The highest BCUT2D eigenvalue weighted by Gasteiger charge is 2.14. The van der Waals surface area contributed by atoms with Crippen molar-refractivity contribution in [1.82, 2.24) is 10.3 Å². The first-order valence-corrected chi connectivity index (χ1v) is 5.69. The predicted molar refractivity (Wildman–Crippen MR) is 80.4 cm³/mol. The Kier molecular flexibility index (Phi) is 8.13. The number of aromatic nitrogens is 1. The fraction of sp³-hybridized carbons (Fsp3) is 0.333. The van der Waals surface area contributed by atoms with E-state index in [9.17, 15) is 9.18 Å². The van der Waals surface area contributed by atoms with E-state index in [0.717, 1.165) is 25.6 Å². The van der Waals surface area contributed by atoms with Crippen LogP contribution < -0.4 is 10.6 Å². The third-order valence-corrected chi connectivity index (χ3v) is 2.70. The van der Waals surface area contributed by atoms with Gasteiger partial charge in [-0.25, -0.2) is 9.78 Å². The maximum absolute atomic E-state index is 12.8. The lowest BCUT2D eigenvalue weighted by atomic mass is 10.2. The van der Waals surface area contributed by atoms with Crippen LogP contribution in [0.25, 0.3) is 6.08 Å². The van der Waals surface area contributed by atoms with Gasteiger partial charge in [-0.1, -0.05) is 0 Å². The summed E-state index contributed by atoms with van der Waals surface area (Å²) < 4.78 is 12.8. The van der Waals surface area contributed by atoms with Gasteiger partial charge in [0.15, 0.2) is 0 Å². The molecule has 0 aliphatic carbocycles. The molecule has 0 amide bonds. The van der Waals surface area contributed by atoms with Crippen molar-refractivity contribution >= 4 is 42.7 Å². The smallest absolute Gasteiger partial charge is 0.364 e. The van der Waals surface area contributed by atoms with E-state index in [1.165, 1.54) is 6.20 Å². The second-order valence-electron chi connectivity index (χ2n) is 4.11. The molecule has 0 spiro atoms. The molecule has 1 atom stereocenters. The summed E-state index contributed by atoms with van der Waals surface area (Å²) in [6, 6.07) is 3.69. The third kappa shape index (κ3) is 5.32. The van der Waals surface area contributed by atoms with Gasteiger partial charge in [-0.2, -0.15) is 4.39 Å². The first-order valence-electron chi connectivity index (χ1n) is 5.69. The Hall–Kier alpha value is -1.37. The molecule has 3 N–H and O–H groups in total. The standard InChI is InChI=1S/C12H14FN3O2.2ClH/c13-10(12(17)18)5-8-1-2-11(15-6-8)16-9-3-4-14-7-9;;/h1-2,5-6,9,14H,3-4,7H2,(H,15,16)(H,17,18);2*1H/t9-;;/m1../s1.